The van der Waals surface area contributed by atoms with Crippen molar-refractivity contribution in [2.24, 2.45) is 0 Å². The number of nitro groups is 1. The molecule has 2 rings (SSSR count). The van der Waals surface area contributed by atoms with Crippen LogP contribution in [0.5, 0.6) is 0 Å². The van der Waals surface area contributed by atoms with E-state index in [2.05, 4.69) is 16.5 Å². The van der Waals surface area contributed by atoms with Crippen molar-refractivity contribution in [3.63, 3.8) is 0 Å². The van der Waals surface area contributed by atoms with Crippen molar-refractivity contribution < 1.29 is 13.3 Å². The number of piperazine rings is 1. The molecule has 0 bridgehead atoms. The Morgan fingerprint density at radius 3 is 2.38 bits per heavy atom. The summed E-state index contributed by atoms with van der Waals surface area (Å²) in [7, 11) is -3.76. The van der Waals surface area contributed by atoms with Crippen molar-refractivity contribution in [3.05, 3.63) is 28.3 Å². The molecule has 1 aromatic rings. The molecule has 8 nitrogen and oxygen atoms in total. The van der Waals surface area contributed by atoms with Gasteiger partial charge in [-0.15, -0.1) is 0 Å². The van der Waals surface area contributed by atoms with Crippen LogP contribution in [-0.4, -0.2) is 57.0 Å². The molecule has 1 fully saturated rings. The van der Waals surface area contributed by atoms with E-state index in [9.17, 15) is 18.5 Å². The standard InChI is InChI=1S/C15H24N4O4S/c1-4-17-7-9-18(10-8-17)14-6-5-13(11-15(14)19(20)21)24(22,23)16-12(2)3/h5-6,11-12,16H,4,7-10H2,1-3H3. The average molecular weight is 356 g/mol. The number of sulfonamides is 1. The summed E-state index contributed by atoms with van der Waals surface area (Å²) in [5.74, 6) is 0. The quantitative estimate of drug-likeness (QED) is 0.612. The van der Waals surface area contributed by atoms with E-state index < -0.39 is 14.9 Å². The summed E-state index contributed by atoms with van der Waals surface area (Å²) >= 11 is 0. The maximum absolute atomic E-state index is 12.2. The second-order valence-corrected chi connectivity index (χ2v) is 7.82. The number of nitrogens with zero attached hydrogens (tertiary/aromatic N) is 3. The maximum Gasteiger partial charge on any atom is 0.293 e. The molecule has 9 heteroatoms. The van der Waals surface area contributed by atoms with Gasteiger partial charge in [-0.1, -0.05) is 6.92 Å². The predicted molar refractivity (Wildman–Crippen MR) is 92.9 cm³/mol. The van der Waals surface area contributed by atoms with Gasteiger partial charge in [0.2, 0.25) is 10.0 Å². The van der Waals surface area contributed by atoms with E-state index in [1.54, 1.807) is 13.8 Å². The van der Waals surface area contributed by atoms with Crippen LogP contribution >= 0.6 is 0 Å². The first kappa shape index (κ1) is 18.6. The molecule has 0 radical (unpaired) electrons. The van der Waals surface area contributed by atoms with Gasteiger partial charge in [0.25, 0.3) is 5.69 Å². The zero-order valence-corrected chi connectivity index (χ0v) is 15.0. The summed E-state index contributed by atoms with van der Waals surface area (Å²) in [6.45, 7) is 9.48. The fourth-order valence-electron chi connectivity index (χ4n) is 2.77. The third kappa shape index (κ3) is 4.22. The Hall–Kier alpha value is -1.71. The molecular weight excluding hydrogens is 332 g/mol. The van der Waals surface area contributed by atoms with Crippen LogP contribution < -0.4 is 9.62 Å². The van der Waals surface area contributed by atoms with E-state index in [4.69, 9.17) is 0 Å². The maximum atomic E-state index is 12.2. The smallest absolute Gasteiger partial charge is 0.293 e. The number of rotatable bonds is 6. The summed E-state index contributed by atoms with van der Waals surface area (Å²) in [6.07, 6.45) is 0. The Labute approximate surface area is 142 Å². The zero-order chi connectivity index (χ0) is 17.9. The van der Waals surface area contributed by atoms with Crippen LogP contribution in [0.1, 0.15) is 20.8 Å². The van der Waals surface area contributed by atoms with Crippen molar-refractivity contribution >= 4 is 21.4 Å². The highest BCUT2D eigenvalue weighted by Gasteiger charge is 2.26. The molecule has 1 heterocycles. The van der Waals surface area contributed by atoms with Crippen LogP contribution in [0.3, 0.4) is 0 Å². The minimum absolute atomic E-state index is 0.0844. The lowest BCUT2D eigenvalue weighted by atomic mass is 10.2. The molecule has 1 saturated heterocycles. The van der Waals surface area contributed by atoms with E-state index in [1.165, 1.54) is 12.1 Å². The molecule has 134 valence electrons. The van der Waals surface area contributed by atoms with Crippen LogP contribution in [0.2, 0.25) is 0 Å². The molecule has 0 atom stereocenters. The first-order valence-corrected chi connectivity index (χ1v) is 9.51. The molecule has 0 spiro atoms. The molecule has 0 amide bonds. The lowest BCUT2D eigenvalue weighted by molar-refractivity contribution is -0.384. The van der Waals surface area contributed by atoms with Gasteiger partial charge < -0.3 is 9.80 Å². The molecule has 1 aromatic carbocycles. The molecular formula is C15H24N4O4S. The molecule has 1 N–H and O–H groups in total. The first-order valence-electron chi connectivity index (χ1n) is 8.02. The van der Waals surface area contributed by atoms with E-state index in [0.29, 0.717) is 18.8 Å². The molecule has 0 aliphatic carbocycles. The van der Waals surface area contributed by atoms with Crippen LogP contribution in [0.25, 0.3) is 0 Å². The number of hydrogen-bond acceptors (Lipinski definition) is 6. The Balaban J connectivity index is 2.33. The second-order valence-electron chi connectivity index (χ2n) is 6.10. The SMILES string of the molecule is CCN1CCN(c2ccc(S(=O)(=O)NC(C)C)cc2[N+](=O)[O-])CC1. The van der Waals surface area contributed by atoms with E-state index >= 15 is 0 Å². The number of nitro benzene ring substituents is 1. The summed E-state index contributed by atoms with van der Waals surface area (Å²) in [5.41, 5.74) is 0.297. The fraction of sp³-hybridized carbons (Fsp3) is 0.600. The minimum Gasteiger partial charge on any atom is -0.363 e. The Morgan fingerprint density at radius 1 is 1.25 bits per heavy atom. The van der Waals surface area contributed by atoms with Crippen molar-refractivity contribution in [3.8, 4) is 0 Å². The number of benzene rings is 1. The van der Waals surface area contributed by atoms with Crippen LogP contribution in [0.15, 0.2) is 23.1 Å². The minimum atomic E-state index is -3.76. The number of likely N-dealkylation sites (N-methyl/N-ethyl adjacent to an activating group) is 1. The molecule has 0 aromatic heterocycles. The lowest BCUT2D eigenvalue weighted by Gasteiger charge is -2.35. The van der Waals surface area contributed by atoms with Gasteiger partial charge in [0.15, 0.2) is 0 Å². The summed E-state index contributed by atoms with van der Waals surface area (Å²) < 4.78 is 26.9. The Morgan fingerprint density at radius 2 is 1.88 bits per heavy atom. The Bertz CT molecular complexity index is 697. The van der Waals surface area contributed by atoms with Crippen molar-refractivity contribution in [1.82, 2.24) is 9.62 Å². The molecule has 1 aliphatic heterocycles. The highest BCUT2D eigenvalue weighted by Crippen LogP contribution is 2.31. The normalized spacial score (nSPS) is 16.6. The molecule has 0 saturated carbocycles. The van der Waals surface area contributed by atoms with E-state index in [0.717, 1.165) is 25.7 Å². The Kier molecular flexibility index (Phi) is 5.79. The van der Waals surface area contributed by atoms with Crippen LogP contribution in [0.4, 0.5) is 11.4 Å². The highest BCUT2D eigenvalue weighted by atomic mass is 32.2. The average Bonchev–Trinajstić information content (AvgIpc) is 2.53. The molecule has 24 heavy (non-hydrogen) atoms. The third-order valence-electron chi connectivity index (χ3n) is 4.00. The zero-order valence-electron chi connectivity index (χ0n) is 14.2. The van der Waals surface area contributed by atoms with Crippen molar-refractivity contribution in [2.75, 3.05) is 37.6 Å². The van der Waals surface area contributed by atoms with Gasteiger partial charge in [-0.3, -0.25) is 10.1 Å². The van der Waals surface area contributed by atoms with Gasteiger partial charge in [-0.05, 0) is 32.5 Å². The summed E-state index contributed by atoms with van der Waals surface area (Å²) in [5, 5.41) is 11.4. The van der Waals surface area contributed by atoms with Gasteiger partial charge in [-0.2, -0.15) is 0 Å². The van der Waals surface area contributed by atoms with Crippen molar-refractivity contribution in [1.29, 1.82) is 0 Å². The van der Waals surface area contributed by atoms with Gasteiger partial charge >= 0.3 is 0 Å². The fourth-order valence-corrected chi connectivity index (χ4v) is 4.04. The van der Waals surface area contributed by atoms with Crippen LogP contribution in [-0.2, 0) is 10.0 Å². The summed E-state index contributed by atoms with van der Waals surface area (Å²) in [6, 6.07) is 3.83. The lowest BCUT2D eigenvalue weighted by Crippen LogP contribution is -2.46. The predicted octanol–water partition coefficient (Wildman–Crippen LogP) is 1.42. The summed E-state index contributed by atoms with van der Waals surface area (Å²) in [4.78, 5) is 15.0. The molecule has 1 aliphatic rings. The number of hydrogen-bond donors (Lipinski definition) is 1. The largest absolute Gasteiger partial charge is 0.363 e. The topological polar surface area (TPSA) is 95.8 Å². The van der Waals surface area contributed by atoms with Crippen molar-refractivity contribution in [2.45, 2.75) is 31.7 Å². The van der Waals surface area contributed by atoms with Gasteiger partial charge in [-0.25, -0.2) is 13.1 Å². The van der Waals surface area contributed by atoms with Gasteiger partial charge in [0, 0.05) is 38.3 Å². The van der Waals surface area contributed by atoms with Gasteiger partial charge in [0.05, 0.1) is 9.82 Å². The van der Waals surface area contributed by atoms with Crippen LogP contribution in [0, 0.1) is 10.1 Å². The number of anilines is 1. The van der Waals surface area contributed by atoms with E-state index in [1.807, 2.05) is 4.90 Å². The highest BCUT2D eigenvalue weighted by molar-refractivity contribution is 7.89. The van der Waals surface area contributed by atoms with E-state index in [-0.39, 0.29) is 16.6 Å². The monoisotopic (exact) mass is 356 g/mol. The third-order valence-corrected chi connectivity index (χ3v) is 5.66. The second kappa shape index (κ2) is 7.45. The van der Waals surface area contributed by atoms with Gasteiger partial charge in [0.1, 0.15) is 5.69 Å². The molecule has 0 unspecified atom stereocenters. The first-order chi connectivity index (χ1) is 11.2. The number of nitrogens with one attached hydrogen (secondary N) is 1.